The maximum atomic E-state index is 12.3. The predicted molar refractivity (Wildman–Crippen MR) is 218 cm³/mol. The van der Waals surface area contributed by atoms with Gasteiger partial charge in [-0.05, 0) is 60.1 Å². The molecular weight excluding hydrogens is 609 g/mol. The van der Waals surface area contributed by atoms with Crippen molar-refractivity contribution >= 4 is 11.6 Å². The first-order valence-corrected chi connectivity index (χ1v) is 19.8. The average Bonchev–Trinajstić information content (AvgIpc) is 3.12. The predicted octanol–water partition coefficient (Wildman–Crippen LogP) is 13.3. The lowest BCUT2D eigenvalue weighted by atomic mass is 10.0. The fourth-order valence-electron chi connectivity index (χ4n) is 5.93. The van der Waals surface area contributed by atoms with E-state index < -0.39 is 0 Å². The maximum absolute atomic E-state index is 12.3. The summed E-state index contributed by atoms with van der Waals surface area (Å²) in [6, 6.07) is 17.1. The van der Waals surface area contributed by atoms with E-state index in [1.807, 2.05) is 48.6 Å². The fraction of sp³-hybridized carbons (Fsp3) is 0.458. The summed E-state index contributed by atoms with van der Waals surface area (Å²) in [5, 5.41) is 0. The van der Waals surface area contributed by atoms with E-state index in [0.29, 0.717) is 12.8 Å². The molecule has 0 aliphatic carbocycles. The van der Waals surface area contributed by atoms with Gasteiger partial charge >= 0.3 is 0 Å². The van der Waals surface area contributed by atoms with E-state index in [-0.39, 0.29) is 11.6 Å². The Bertz CT molecular complexity index is 1230. The van der Waals surface area contributed by atoms with Crippen molar-refractivity contribution in [3.63, 3.8) is 0 Å². The van der Waals surface area contributed by atoms with Gasteiger partial charge in [-0.3, -0.25) is 9.59 Å². The first kappa shape index (κ1) is 42.4. The second-order valence-corrected chi connectivity index (χ2v) is 13.6. The second-order valence-electron chi connectivity index (χ2n) is 13.6. The zero-order valence-electron chi connectivity index (χ0n) is 31.5. The molecule has 0 unspecified atom stereocenters. The van der Waals surface area contributed by atoms with Crippen molar-refractivity contribution in [1.82, 2.24) is 0 Å². The number of aryl methyl sites for hydroxylation is 2. The molecule has 0 aliphatic rings. The largest absolute Gasteiger partial charge is 0.294 e. The molecule has 2 heteroatoms. The van der Waals surface area contributed by atoms with Crippen molar-refractivity contribution in [3.05, 3.63) is 144 Å². The van der Waals surface area contributed by atoms with E-state index in [2.05, 4.69) is 62.4 Å². The minimum atomic E-state index is 0.105. The molecule has 0 spiro atoms. The van der Waals surface area contributed by atoms with Crippen LogP contribution in [0.5, 0.6) is 0 Å². The number of unbranched alkanes of at least 4 members (excludes halogenated alkanes) is 14. The minimum absolute atomic E-state index is 0.105. The summed E-state index contributed by atoms with van der Waals surface area (Å²) >= 11 is 0. The highest BCUT2D eigenvalue weighted by Crippen LogP contribution is 2.14. The minimum Gasteiger partial charge on any atom is -0.294 e. The van der Waals surface area contributed by atoms with Gasteiger partial charge in [0.1, 0.15) is 0 Å². The van der Waals surface area contributed by atoms with Gasteiger partial charge in [0.15, 0.2) is 11.6 Å². The molecule has 0 N–H and O–H groups in total. The summed E-state index contributed by atoms with van der Waals surface area (Å²) in [6.07, 6.45) is 46.7. The molecular formula is C48H66O2. The first-order chi connectivity index (χ1) is 24.6. The molecule has 270 valence electrons. The van der Waals surface area contributed by atoms with Crippen LogP contribution in [0.15, 0.2) is 121 Å². The van der Waals surface area contributed by atoms with Gasteiger partial charge < -0.3 is 0 Å². The van der Waals surface area contributed by atoms with E-state index in [0.717, 1.165) is 24.0 Å². The van der Waals surface area contributed by atoms with Crippen LogP contribution in [0.4, 0.5) is 0 Å². The Kier molecular flexibility index (Phi) is 25.5. The molecule has 0 bridgehead atoms. The fourth-order valence-corrected chi connectivity index (χ4v) is 5.93. The standard InChI is InChI=1S/C48H66O2/c1-3-5-7-9-11-17-21-25-29-43-33-37-45(38-34-43)41-47(49)31-27-23-19-15-13-14-16-20-24-28-32-48(50)42-46-39-35-44(36-40-46)30-26-22-18-12-10-8-6-4-2/h13-16,19-20,23-24,27-28,31-40H,3-12,17-18,21-22,25-26,29-30,41-42H2,1-2H3/b15-13+,16-14+,23-19+,24-20+,31-27+,32-28+. The van der Waals surface area contributed by atoms with Crippen molar-refractivity contribution in [2.24, 2.45) is 0 Å². The second kappa shape index (κ2) is 30.1. The molecule has 0 heterocycles. The highest BCUT2D eigenvalue weighted by Gasteiger charge is 2.02. The summed E-state index contributed by atoms with van der Waals surface area (Å²) in [5.41, 5.74) is 4.86. The third kappa shape index (κ3) is 23.6. The Morgan fingerprint density at radius 1 is 0.360 bits per heavy atom. The van der Waals surface area contributed by atoms with Crippen LogP contribution < -0.4 is 0 Å². The summed E-state index contributed by atoms with van der Waals surface area (Å²) in [5.74, 6) is 0.210. The van der Waals surface area contributed by atoms with E-state index in [4.69, 9.17) is 0 Å². The summed E-state index contributed by atoms with van der Waals surface area (Å²) in [6.45, 7) is 4.53. The Hall–Kier alpha value is -3.78. The van der Waals surface area contributed by atoms with Crippen LogP contribution in [0, 0.1) is 0 Å². The number of hydrogen-bond donors (Lipinski definition) is 0. The van der Waals surface area contributed by atoms with Gasteiger partial charge in [0.2, 0.25) is 0 Å². The molecule has 0 saturated carbocycles. The summed E-state index contributed by atoms with van der Waals surface area (Å²) in [4.78, 5) is 24.7. The van der Waals surface area contributed by atoms with E-state index in [1.165, 1.54) is 114 Å². The number of rotatable bonds is 29. The van der Waals surface area contributed by atoms with Crippen LogP contribution in [0.25, 0.3) is 0 Å². The molecule has 0 aromatic heterocycles. The van der Waals surface area contributed by atoms with Crippen molar-refractivity contribution in [2.75, 3.05) is 0 Å². The van der Waals surface area contributed by atoms with Gasteiger partial charge in [-0.1, -0.05) is 213 Å². The molecule has 0 fully saturated rings. The molecule has 0 radical (unpaired) electrons. The molecule has 2 aromatic rings. The van der Waals surface area contributed by atoms with E-state index in [1.54, 1.807) is 24.3 Å². The van der Waals surface area contributed by atoms with Crippen molar-refractivity contribution < 1.29 is 9.59 Å². The summed E-state index contributed by atoms with van der Waals surface area (Å²) in [7, 11) is 0. The van der Waals surface area contributed by atoms with Crippen molar-refractivity contribution in [1.29, 1.82) is 0 Å². The topological polar surface area (TPSA) is 34.1 Å². The number of benzene rings is 2. The van der Waals surface area contributed by atoms with Gasteiger partial charge in [-0.15, -0.1) is 0 Å². The van der Waals surface area contributed by atoms with E-state index >= 15 is 0 Å². The van der Waals surface area contributed by atoms with Crippen LogP contribution in [0.2, 0.25) is 0 Å². The lowest BCUT2D eigenvalue weighted by Crippen LogP contribution is -1.98. The van der Waals surface area contributed by atoms with E-state index in [9.17, 15) is 9.59 Å². The Morgan fingerprint density at radius 3 is 0.940 bits per heavy atom. The maximum Gasteiger partial charge on any atom is 0.160 e. The monoisotopic (exact) mass is 675 g/mol. The van der Waals surface area contributed by atoms with Gasteiger partial charge in [-0.25, -0.2) is 0 Å². The lowest BCUT2D eigenvalue weighted by Gasteiger charge is -2.04. The number of carbonyl (C=O) groups is 2. The Balaban J connectivity index is 1.54. The SMILES string of the molecule is CCCCCCCCCCc1ccc(CC(=O)/C=C/C=C/C=C/C=C/C=C/C=C/C(=O)Cc2ccc(CCCCCCCCCC)cc2)cc1. The van der Waals surface area contributed by atoms with Gasteiger partial charge in [0, 0.05) is 12.8 Å². The normalized spacial score (nSPS) is 12.3. The van der Waals surface area contributed by atoms with Crippen LogP contribution in [-0.4, -0.2) is 11.6 Å². The molecule has 0 atom stereocenters. The number of hydrogen-bond acceptors (Lipinski definition) is 2. The molecule has 50 heavy (non-hydrogen) atoms. The first-order valence-electron chi connectivity index (χ1n) is 19.8. The zero-order valence-corrected chi connectivity index (χ0v) is 31.5. The molecule has 0 aliphatic heterocycles. The van der Waals surface area contributed by atoms with Gasteiger partial charge in [0.05, 0.1) is 0 Å². The Labute approximate surface area is 306 Å². The number of allylic oxidation sites excluding steroid dienone is 12. The number of carbonyl (C=O) groups excluding carboxylic acids is 2. The molecule has 0 amide bonds. The summed E-state index contributed by atoms with van der Waals surface area (Å²) < 4.78 is 0. The highest BCUT2D eigenvalue weighted by molar-refractivity contribution is 5.92. The molecule has 2 aromatic carbocycles. The lowest BCUT2D eigenvalue weighted by molar-refractivity contribution is -0.114. The molecule has 0 saturated heterocycles. The molecule has 2 rings (SSSR count). The van der Waals surface area contributed by atoms with Crippen LogP contribution >= 0.6 is 0 Å². The van der Waals surface area contributed by atoms with Crippen LogP contribution in [-0.2, 0) is 35.3 Å². The van der Waals surface area contributed by atoms with Crippen LogP contribution in [0.3, 0.4) is 0 Å². The van der Waals surface area contributed by atoms with Crippen molar-refractivity contribution in [2.45, 2.75) is 142 Å². The third-order valence-corrected chi connectivity index (χ3v) is 9.00. The van der Waals surface area contributed by atoms with Crippen LogP contribution in [0.1, 0.15) is 139 Å². The van der Waals surface area contributed by atoms with Gasteiger partial charge in [-0.2, -0.15) is 0 Å². The smallest absolute Gasteiger partial charge is 0.160 e. The Morgan fingerprint density at radius 2 is 0.620 bits per heavy atom. The highest BCUT2D eigenvalue weighted by atomic mass is 16.1. The van der Waals surface area contributed by atoms with Gasteiger partial charge in [0.25, 0.3) is 0 Å². The van der Waals surface area contributed by atoms with Crippen molar-refractivity contribution in [3.8, 4) is 0 Å². The average molecular weight is 675 g/mol. The zero-order chi connectivity index (χ0) is 35.7. The number of ketones is 2. The quantitative estimate of drug-likeness (QED) is 0.0489. The molecule has 2 nitrogen and oxygen atoms in total. The third-order valence-electron chi connectivity index (χ3n) is 9.00.